The maximum atomic E-state index is 10.4. The van der Waals surface area contributed by atoms with E-state index in [9.17, 15) is 4.79 Å². The van der Waals surface area contributed by atoms with Crippen LogP contribution in [-0.4, -0.2) is 24.2 Å². The summed E-state index contributed by atoms with van der Waals surface area (Å²) in [5.41, 5.74) is 0. The smallest absolute Gasteiger partial charge is 0.245 e. The summed E-state index contributed by atoms with van der Waals surface area (Å²) in [4.78, 5) is 10.4. The lowest BCUT2D eigenvalue weighted by atomic mass is 10.2. The minimum Gasteiger partial charge on any atom is -0.387 e. The highest BCUT2D eigenvalue weighted by molar-refractivity contribution is 5.76. The molecular formula is C6H13NO2. The molecule has 0 aliphatic rings. The lowest BCUT2D eigenvalue weighted by molar-refractivity contribution is -0.123. The second-order valence-corrected chi connectivity index (χ2v) is 2.36. The van der Waals surface area contributed by atoms with E-state index in [1.165, 1.54) is 0 Å². The molecule has 3 nitrogen and oxygen atoms in total. The zero-order valence-electron chi connectivity index (χ0n) is 5.85. The van der Waals surface area contributed by atoms with Crippen LogP contribution < -0.4 is 5.32 Å². The minimum absolute atomic E-state index is 0.302. The van der Waals surface area contributed by atoms with Crippen LogP contribution in [0.1, 0.15) is 13.8 Å². The second kappa shape index (κ2) is 4.32. The van der Waals surface area contributed by atoms with Crippen LogP contribution in [0.4, 0.5) is 0 Å². The lowest BCUT2D eigenvalue weighted by Crippen LogP contribution is -2.29. The van der Waals surface area contributed by atoms with Crippen molar-refractivity contribution < 1.29 is 9.90 Å². The standard InChI is InChI=1S/C6H13NO2/c1-5(2)3-7-6(9)4-8/h5,8H,3-4H2,1-2H3,(H,7,9). The second-order valence-electron chi connectivity index (χ2n) is 2.36. The summed E-state index contributed by atoms with van der Waals surface area (Å²) < 4.78 is 0. The average Bonchev–Trinajstić information content (AvgIpc) is 1.83. The Kier molecular flexibility index (Phi) is 4.05. The predicted octanol–water partition coefficient (Wildman–Crippen LogP) is -0.249. The molecule has 0 spiro atoms. The van der Waals surface area contributed by atoms with Crippen LogP contribution in [-0.2, 0) is 4.79 Å². The summed E-state index contributed by atoms with van der Waals surface area (Å²) in [6.45, 7) is 4.22. The molecule has 0 unspecified atom stereocenters. The lowest BCUT2D eigenvalue weighted by Gasteiger charge is -2.04. The Balaban J connectivity index is 3.17. The van der Waals surface area contributed by atoms with Crippen molar-refractivity contribution in [3.8, 4) is 0 Å². The molecule has 0 aromatic heterocycles. The van der Waals surface area contributed by atoms with Gasteiger partial charge in [-0.25, -0.2) is 0 Å². The first kappa shape index (κ1) is 8.43. The monoisotopic (exact) mass is 131 g/mol. The van der Waals surface area contributed by atoms with Crippen LogP contribution in [0.15, 0.2) is 0 Å². The van der Waals surface area contributed by atoms with Crippen molar-refractivity contribution in [1.29, 1.82) is 0 Å². The number of amides is 1. The van der Waals surface area contributed by atoms with Gasteiger partial charge >= 0.3 is 0 Å². The molecule has 0 heterocycles. The van der Waals surface area contributed by atoms with Crippen LogP contribution in [0, 0.1) is 5.92 Å². The largest absolute Gasteiger partial charge is 0.387 e. The van der Waals surface area contributed by atoms with Crippen molar-refractivity contribution in [2.75, 3.05) is 13.2 Å². The minimum atomic E-state index is -0.410. The Bertz CT molecular complexity index is 91.1. The molecule has 0 saturated heterocycles. The molecular weight excluding hydrogens is 118 g/mol. The normalized spacial score (nSPS) is 9.78. The number of rotatable bonds is 3. The van der Waals surface area contributed by atoms with Crippen LogP contribution in [0.5, 0.6) is 0 Å². The number of nitrogens with one attached hydrogen (secondary N) is 1. The summed E-state index contributed by atoms with van der Waals surface area (Å²) in [6.07, 6.45) is 0. The van der Waals surface area contributed by atoms with Gasteiger partial charge in [-0.15, -0.1) is 0 Å². The Morgan fingerprint density at radius 1 is 1.67 bits per heavy atom. The van der Waals surface area contributed by atoms with Crippen molar-refractivity contribution in [2.24, 2.45) is 5.92 Å². The van der Waals surface area contributed by atoms with E-state index in [1.54, 1.807) is 0 Å². The van der Waals surface area contributed by atoms with E-state index in [0.29, 0.717) is 12.5 Å². The van der Waals surface area contributed by atoms with E-state index >= 15 is 0 Å². The fourth-order valence-corrected chi connectivity index (χ4v) is 0.374. The van der Waals surface area contributed by atoms with Crippen LogP contribution in [0.25, 0.3) is 0 Å². The predicted molar refractivity (Wildman–Crippen MR) is 34.9 cm³/mol. The molecule has 0 aliphatic heterocycles. The van der Waals surface area contributed by atoms with E-state index in [1.807, 2.05) is 13.8 Å². The van der Waals surface area contributed by atoms with Gasteiger partial charge in [0.2, 0.25) is 5.91 Å². The molecule has 1 amide bonds. The number of carbonyl (C=O) groups is 1. The van der Waals surface area contributed by atoms with Gasteiger partial charge in [-0.1, -0.05) is 13.8 Å². The van der Waals surface area contributed by atoms with Gasteiger partial charge in [0.15, 0.2) is 0 Å². The molecule has 0 aromatic carbocycles. The third kappa shape index (κ3) is 5.30. The Labute approximate surface area is 55.1 Å². The van der Waals surface area contributed by atoms with Crippen molar-refractivity contribution >= 4 is 5.91 Å². The van der Waals surface area contributed by atoms with E-state index in [0.717, 1.165) is 0 Å². The molecule has 9 heavy (non-hydrogen) atoms. The first-order valence-electron chi connectivity index (χ1n) is 3.04. The summed E-state index contributed by atoms with van der Waals surface area (Å²) >= 11 is 0. The van der Waals surface area contributed by atoms with Crippen molar-refractivity contribution in [1.82, 2.24) is 5.32 Å². The quantitative estimate of drug-likeness (QED) is 0.555. The molecule has 54 valence electrons. The number of hydrogen-bond acceptors (Lipinski definition) is 2. The van der Waals surface area contributed by atoms with Crippen LogP contribution in [0.2, 0.25) is 0 Å². The van der Waals surface area contributed by atoms with Gasteiger partial charge in [0.25, 0.3) is 0 Å². The first-order valence-corrected chi connectivity index (χ1v) is 3.04. The first-order chi connectivity index (χ1) is 4.16. The molecule has 3 heteroatoms. The SMILES string of the molecule is CC(C)CNC(=O)CO. The topological polar surface area (TPSA) is 49.3 Å². The third-order valence-electron chi connectivity index (χ3n) is 0.851. The Morgan fingerprint density at radius 2 is 2.22 bits per heavy atom. The summed E-state index contributed by atoms with van der Waals surface area (Å²) in [6, 6.07) is 0. The van der Waals surface area contributed by atoms with Gasteiger partial charge in [0.05, 0.1) is 0 Å². The van der Waals surface area contributed by atoms with Gasteiger partial charge in [0.1, 0.15) is 6.61 Å². The molecule has 0 radical (unpaired) electrons. The molecule has 0 rings (SSSR count). The molecule has 0 bridgehead atoms. The fourth-order valence-electron chi connectivity index (χ4n) is 0.374. The third-order valence-corrected chi connectivity index (χ3v) is 0.851. The van der Waals surface area contributed by atoms with Gasteiger partial charge in [-0.3, -0.25) is 4.79 Å². The van der Waals surface area contributed by atoms with Crippen molar-refractivity contribution in [3.63, 3.8) is 0 Å². The van der Waals surface area contributed by atoms with E-state index in [-0.39, 0.29) is 5.91 Å². The van der Waals surface area contributed by atoms with Crippen LogP contribution in [0.3, 0.4) is 0 Å². The summed E-state index contributed by atoms with van der Waals surface area (Å²) in [5, 5.41) is 10.8. The van der Waals surface area contributed by atoms with Crippen molar-refractivity contribution in [2.45, 2.75) is 13.8 Å². The maximum Gasteiger partial charge on any atom is 0.245 e. The van der Waals surface area contributed by atoms with Gasteiger partial charge in [-0.05, 0) is 5.92 Å². The molecule has 2 N–H and O–H groups in total. The van der Waals surface area contributed by atoms with Gasteiger partial charge < -0.3 is 10.4 Å². The van der Waals surface area contributed by atoms with Gasteiger partial charge in [-0.2, -0.15) is 0 Å². The zero-order chi connectivity index (χ0) is 7.28. The van der Waals surface area contributed by atoms with Crippen LogP contribution >= 0.6 is 0 Å². The molecule has 0 aromatic rings. The molecule has 0 fully saturated rings. The molecule has 0 atom stereocenters. The van der Waals surface area contributed by atoms with E-state index in [4.69, 9.17) is 5.11 Å². The average molecular weight is 131 g/mol. The number of carbonyl (C=O) groups excluding carboxylic acids is 1. The summed E-state index contributed by atoms with van der Waals surface area (Å²) in [7, 11) is 0. The Hall–Kier alpha value is -0.570. The van der Waals surface area contributed by atoms with Gasteiger partial charge in [0, 0.05) is 6.54 Å². The molecule has 0 aliphatic carbocycles. The molecule has 0 saturated carbocycles. The van der Waals surface area contributed by atoms with E-state index < -0.39 is 6.61 Å². The number of hydrogen-bond donors (Lipinski definition) is 2. The Morgan fingerprint density at radius 3 is 2.56 bits per heavy atom. The fraction of sp³-hybridized carbons (Fsp3) is 0.833. The highest BCUT2D eigenvalue weighted by atomic mass is 16.3. The summed E-state index contributed by atoms with van der Waals surface area (Å²) in [5.74, 6) is 0.143. The van der Waals surface area contributed by atoms with Crippen molar-refractivity contribution in [3.05, 3.63) is 0 Å². The number of aliphatic hydroxyl groups excluding tert-OH is 1. The highest BCUT2D eigenvalue weighted by Crippen LogP contribution is 1.85. The maximum absolute atomic E-state index is 10.4. The number of aliphatic hydroxyl groups is 1. The zero-order valence-corrected chi connectivity index (χ0v) is 5.85. The highest BCUT2D eigenvalue weighted by Gasteiger charge is 1.97. The van der Waals surface area contributed by atoms with E-state index in [2.05, 4.69) is 5.32 Å².